The molecule has 8 heteroatoms. The molecule has 1 aliphatic rings. The first-order chi connectivity index (χ1) is 12.9. The highest BCUT2D eigenvalue weighted by Crippen LogP contribution is 2.26. The standard InChI is InChI=1S/C19H22N4O4/c1-13(24)14-4-2-6-16(10-14)20-19(27)22-8-3-5-15(11-22)17-7-9-23(21-17)12-18(25)26/h2,4,6-7,9-10,15H,3,5,8,11-12H2,1H3,(H,20,27)(H,25,26)/t15-/m1/s1. The summed E-state index contributed by atoms with van der Waals surface area (Å²) in [5, 5.41) is 16.0. The van der Waals surface area contributed by atoms with Gasteiger partial charge in [0.05, 0.1) is 5.69 Å². The Morgan fingerprint density at radius 2 is 2.11 bits per heavy atom. The molecule has 0 unspecified atom stereocenters. The number of nitrogens with zero attached hydrogens (tertiary/aromatic N) is 3. The number of nitrogens with one attached hydrogen (secondary N) is 1. The Kier molecular flexibility index (Phi) is 5.54. The zero-order chi connectivity index (χ0) is 19.4. The summed E-state index contributed by atoms with van der Waals surface area (Å²) in [6, 6.07) is 8.45. The molecule has 1 saturated heterocycles. The van der Waals surface area contributed by atoms with Crippen LogP contribution in [0.4, 0.5) is 10.5 Å². The van der Waals surface area contributed by atoms with E-state index >= 15 is 0 Å². The van der Waals surface area contributed by atoms with Gasteiger partial charge < -0.3 is 15.3 Å². The number of rotatable bonds is 5. The molecule has 0 radical (unpaired) electrons. The van der Waals surface area contributed by atoms with E-state index in [-0.39, 0.29) is 24.3 Å². The first-order valence-electron chi connectivity index (χ1n) is 8.84. The van der Waals surface area contributed by atoms with Gasteiger partial charge >= 0.3 is 12.0 Å². The average Bonchev–Trinajstić information content (AvgIpc) is 3.10. The second-order valence-electron chi connectivity index (χ2n) is 6.68. The Morgan fingerprint density at radius 3 is 2.85 bits per heavy atom. The van der Waals surface area contributed by atoms with E-state index in [1.54, 1.807) is 35.4 Å². The largest absolute Gasteiger partial charge is 0.480 e. The van der Waals surface area contributed by atoms with E-state index in [1.165, 1.54) is 11.6 Å². The van der Waals surface area contributed by atoms with E-state index in [0.29, 0.717) is 24.3 Å². The van der Waals surface area contributed by atoms with Gasteiger partial charge in [0.25, 0.3) is 0 Å². The maximum Gasteiger partial charge on any atom is 0.325 e. The van der Waals surface area contributed by atoms with Crippen molar-refractivity contribution in [1.82, 2.24) is 14.7 Å². The Balaban J connectivity index is 1.64. The van der Waals surface area contributed by atoms with Gasteiger partial charge in [-0.3, -0.25) is 14.3 Å². The summed E-state index contributed by atoms with van der Waals surface area (Å²) >= 11 is 0. The van der Waals surface area contributed by atoms with Gasteiger partial charge in [0, 0.05) is 36.5 Å². The molecule has 2 heterocycles. The van der Waals surface area contributed by atoms with E-state index in [2.05, 4.69) is 10.4 Å². The molecule has 3 rings (SSSR count). The fourth-order valence-corrected chi connectivity index (χ4v) is 3.24. The van der Waals surface area contributed by atoms with Gasteiger partial charge in [-0.2, -0.15) is 5.10 Å². The topological polar surface area (TPSA) is 105 Å². The smallest absolute Gasteiger partial charge is 0.325 e. The van der Waals surface area contributed by atoms with Crippen LogP contribution in [0.15, 0.2) is 36.5 Å². The second kappa shape index (κ2) is 8.03. The number of urea groups is 1. The van der Waals surface area contributed by atoms with Crippen LogP contribution in [0.25, 0.3) is 0 Å². The molecular weight excluding hydrogens is 348 g/mol. The number of ketones is 1. The number of benzene rings is 1. The summed E-state index contributed by atoms with van der Waals surface area (Å²) in [5.74, 6) is -0.925. The van der Waals surface area contributed by atoms with Crippen LogP contribution >= 0.6 is 0 Å². The van der Waals surface area contributed by atoms with E-state index < -0.39 is 5.97 Å². The number of anilines is 1. The molecule has 0 aliphatic carbocycles. The molecule has 0 spiro atoms. The molecular formula is C19H22N4O4. The van der Waals surface area contributed by atoms with Crippen LogP contribution in [0.5, 0.6) is 0 Å². The summed E-state index contributed by atoms with van der Waals surface area (Å²) in [4.78, 5) is 36.6. The number of carboxylic acids is 1. The van der Waals surface area contributed by atoms with Gasteiger partial charge in [0.1, 0.15) is 6.54 Å². The van der Waals surface area contributed by atoms with E-state index in [9.17, 15) is 14.4 Å². The van der Waals surface area contributed by atoms with Gasteiger partial charge in [0.15, 0.2) is 5.78 Å². The molecule has 0 bridgehead atoms. The second-order valence-corrected chi connectivity index (χ2v) is 6.68. The number of aromatic nitrogens is 2. The van der Waals surface area contributed by atoms with E-state index in [4.69, 9.17) is 5.11 Å². The quantitative estimate of drug-likeness (QED) is 0.787. The van der Waals surface area contributed by atoms with Crippen molar-refractivity contribution in [2.75, 3.05) is 18.4 Å². The lowest BCUT2D eigenvalue weighted by molar-refractivity contribution is -0.137. The van der Waals surface area contributed by atoms with Gasteiger partial charge in [-0.15, -0.1) is 0 Å². The Morgan fingerprint density at radius 1 is 1.30 bits per heavy atom. The number of hydrogen-bond acceptors (Lipinski definition) is 4. The maximum absolute atomic E-state index is 12.6. The maximum atomic E-state index is 12.6. The van der Waals surface area contributed by atoms with E-state index in [1.807, 2.05) is 6.07 Å². The van der Waals surface area contributed by atoms with Crippen molar-refractivity contribution in [1.29, 1.82) is 0 Å². The van der Waals surface area contributed by atoms with Crippen molar-refractivity contribution >= 4 is 23.5 Å². The highest BCUT2D eigenvalue weighted by molar-refractivity contribution is 5.96. The van der Waals surface area contributed by atoms with Gasteiger partial charge in [-0.25, -0.2) is 4.79 Å². The summed E-state index contributed by atoms with van der Waals surface area (Å²) < 4.78 is 1.39. The monoisotopic (exact) mass is 370 g/mol. The third-order valence-electron chi connectivity index (χ3n) is 4.61. The van der Waals surface area contributed by atoms with Crippen molar-refractivity contribution in [3.05, 3.63) is 47.8 Å². The lowest BCUT2D eigenvalue weighted by Gasteiger charge is -2.32. The number of carboxylic acid groups (broad SMARTS) is 1. The summed E-state index contributed by atoms with van der Waals surface area (Å²) in [6.45, 7) is 2.47. The third kappa shape index (κ3) is 4.72. The Bertz CT molecular complexity index is 861. The van der Waals surface area contributed by atoms with Crippen molar-refractivity contribution in [3.63, 3.8) is 0 Å². The molecule has 8 nitrogen and oxygen atoms in total. The highest BCUT2D eigenvalue weighted by Gasteiger charge is 2.26. The predicted octanol–water partition coefficient (Wildman–Crippen LogP) is 2.58. The lowest BCUT2D eigenvalue weighted by atomic mass is 9.95. The molecule has 2 N–H and O–H groups in total. The first kappa shape index (κ1) is 18.6. The molecule has 0 saturated carbocycles. The molecule has 1 fully saturated rings. The molecule has 27 heavy (non-hydrogen) atoms. The summed E-state index contributed by atoms with van der Waals surface area (Å²) in [6.07, 6.45) is 3.39. The predicted molar refractivity (Wildman–Crippen MR) is 98.9 cm³/mol. The zero-order valence-electron chi connectivity index (χ0n) is 15.1. The van der Waals surface area contributed by atoms with Crippen LogP contribution in [0.1, 0.15) is 41.7 Å². The minimum atomic E-state index is -0.943. The van der Waals surface area contributed by atoms with Crippen molar-refractivity contribution in [2.24, 2.45) is 0 Å². The number of hydrogen-bond donors (Lipinski definition) is 2. The SMILES string of the molecule is CC(=O)c1cccc(NC(=O)N2CCC[C@@H](c3ccn(CC(=O)O)n3)C2)c1. The molecule has 1 aliphatic heterocycles. The number of Topliss-reactive ketones (excluding diaryl/α,β-unsaturated/α-hetero) is 1. The fraction of sp³-hybridized carbons (Fsp3) is 0.368. The number of aliphatic carboxylic acids is 1. The van der Waals surface area contributed by atoms with Gasteiger partial charge in [0.2, 0.25) is 0 Å². The lowest BCUT2D eigenvalue weighted by Crippen LogP contribution is -2.41. The average molecular weight is 370 g/mol. The first-order valence-corrected chi connectivity index (χ1v) is 8.84. The van der Waals surface area contributed by atoms with Crippen LogP contribution < -0.4 is 5.32 Å². The van der Waals surface area contributed by atoms with E-state index in [0.717, 1.165) is 18.5 Å². The minimum Gasteiger partial charge on any atom is -0.480 e. The molecule has 1 aromatic carbocycles. The number of amides is 2. The minimum absolute atomic E-state index is 0.0546. The van der Waals surface area contributed by atoms with Crippen LogP contribution in [0.3, 0.4) is 0 Å². The third-order valence-corrected chi connectivity index (χ3v) is 4.61. The van der Waals surface area contributed by atoms with Gasteiger partial charge in [-0.1, -0.05) is 12.1 Å². The van der Waals surface area contributed by atoms with Crippen LogP contribution in [-0.2, 0) is 11.3 Å². The summed E-state index contributed by atoms with van der Waals surface area (Å²) in [5.41, 5.74) is 1.93. The molecule has 142 valence electrons. The molecule has 1 atom stereocenters. The summed E-state index contributed by atoms with van der Waals surface area (Å²) in [7, 11) is 0. The molecule has 2 aromatic rings. The molecule has 2 amide bonds. The highest BCUT2D eigenvalue weighted by atomic mass is 16.4. The van der Waals surface area contributed by atoms with Crippen molar-refractivity contribution in [3.8, 4) is 0 Å². The van der Waals surface area contributed by atoms with Gasteiger partial charge in [-0.05, 0) is 38.0 Å². The number of likely N-dealkylation sites (tertiary alicyclic amines) is 1. The van der Waals surface area contributed by atoms with Crippen LogP contribution in [-0.4, -0.2) is 50.7 Å². The number of piperidine rings is 1. The van der Waals surface area contributed by atoms with Crippen LogP contribution in [0.2, 0.25) is 0 Å². The normalized spacial score (nSPS) is 16.8. The van der Waals surface area contributed by atoms with Crippen LogP contribution in [0, 0.1) is 0 Å². The number of carbonyl (C=O) groups is 3. The molecule has 1 aromatic heterocycles. The fourth-order valence-electron chi connectivity index (χ4n) is 3.24. The number of carbonyl (C=O) groups excluding carboxylic acids is 2. The van der Waals surface area contributed by atoms with Crippen molar-refractivity contribution < 1.29 is 19.5 Å². The van der Waals surface area contributed by atoms with Crippen molar-refractivity contribution in [2.45, 2.75) is 32.2 Å². The Labute approximate surface area is 156 Å². The zero-order valence-corrected chi connectivity index (χ0v) is 15.1. The Hall–Kier alpha value is -3.16.